The number of hydrogen-bond donors (Lipinski definition) is 0. The first kappa shape index (κ1) is 20.3. The number of ether oxygens (including phenoxy) is 1. The largest absolute Gasteiger partial charge is 0.454 e. The van der Waals surface area contributed by atoms with Crippen LogP contribution in [0.5, 0.6) is 0 Å². The van der Waals surface area contributed by atoms with Gasteiger partial charge in [-0.1, -0.05) is 18.2 Å². The van der Waals surface area contributed by atoms with Gasteiger partial charge in [0, 0.05) is 5.56 Å². The number of rotatable bonds is 5. The van der Waals surface area contributed by atoms with E-state index in [1.165, 1.54) is 29.2 Å². The lowest BCUT2D eigenvalue weighted by molar-refractivity contribution is -0.123. The molecule has 7 heteroatoms. The highest BCUT2D eigenvalue weighted by Crippen LogP contribution is 2.53. The molecule has 0 unspecified atom stereocenters. The Hall–Kier alpha value is -3.61. The third-order valence-corrected chi connectivity index (χ3v) is 6.66. The fourth-order valence-electron chi connectivity index (χ4n) is 5.05. The summed E-state index contributed by atoms with van der Waals surface area (Å²) in [5, 5.41) is 0. The van der Waals surface area contributed by atoms with Crippen LogP contribution >= 0.6 is 0 Å². The SMILES string of the molecule is Cc1ccc(C(=O)OCC(=O)c2ccc(F)cc2)cc1N1C(=O)[C@H]2[C@H](C1=O)[C@H]1C=C[C@H]2C1. The van der Waals surface area contributed by atoms with Crippen molar-refractivity contribution in [3.8, 4) is 0 Å². The van der Waals surface area contributed by atoms with Gasteiger partial charge in [-0.15, -0.1) is 0 Å². The number of benzene rings is 2. The van der Waals surface area contributed by atoms with Crippen molar-refractivity contribution in [2.75, 3.05) is 11.5 Å². The quantitative estimate of drug-likeness (QED) is 0.312. The minimum absolute atomic E-state index is 0.0948. The summed E-state index contributed by atoms with van der Waals surface area (Å²) in [6.07, 6.45) is 4.90. The maximum Gasteiger partial charge on any atom is 0.338 e. The van der Waals surface area contributed by atoms with Crippen LogP contribution in [0.1, 0.15) is 32.7 Å². The van der Waals surface area contributed by atoms with Gasteiger partial charge in [0.1, 0.15) is 5.82 Å². The van der Waals surface area contributed by atoms with Crippen molar-refractivity contribution < 1.29 is 28.3 Å². The molecule has 0 radical (unpaired) electrons. The second kappa shape index (κ2) is 7.51. The molecule has 2 aromatic rings. The van der Waals surface area contributed by atoms with Gasteiger partial charge in [0.25, 0.3) is 0 Å². The average Bonchev–Trinajstić information content (AvgIpc) is 3.47. The third kappa shape index (κ3) is 3.16. The fourth-order valence-corrected chi connectivity index (χ4v) is 5.05. The number of Topliss-reactive ketones (excluding diaryl/α,β-unsaturated/α-hetero) is 1. The summed E-state index contributed by atoms with van der Waals surface area (Å²) in [5.41, 5.74) is 1.42. The normalized spacial score (nSPS) is 25.4. The van der Waals surface area contributed by atoms with Gasteiger partial charge in [-0.2, -0.15) is 0 Å². The van der Waals surface area contributed by atoms with Gasteiger partial charge in [-0.05, 0) is 67.1 Å². The summed E-state index contributed by atoms with van der Waals surface area (Å²) in [6.45, 7) is 1.26. The molecular formula is C25H20FNO5. The first-order valence-electron chi connectivity index (χ1n) is 10.5. The number of nitrogens with zero attached hydrogens (tertiary/aromatic N) is 1. The van der Waals surface area contributed by atoms with Crippen LogP contribution in [0.2, 0.25) is 0 Å². The molecule has 2 aliphatic carbocycles. The van der Waals surface area contributed by atoms with E-state index in [-0.39, 0.29) is 46.6 Å². The number of fused-ring (bicyclic) bond motifs is 5. The van der Waals surface area contributed by atoms with Crippen LogP contribution in [0.3, 0.4) is 0 Å². The zero-order valence-corrected chi connectivity index (χ0v) is 17.3. The molecule has 162 valence electrons. The smallest absolute Gasteiger partial charge is 0.338 e. The van der Waals surface area contributed by atoms with Gasteiger partial charge in [0.05, 0.1) is 23.1 Å². The molecule has 6 nitrogen and oxygen atoms in total. The number of anilines is 1. The monoisotopic (exact) mass is 433 g/mol. The number of carbonyl (C=O) groups excluding carboxylic acids is 4. The van der Waals surface area contributed by atoms with Crippen molar-refractivity contribution in [3.63, 3.8) is 0 Å². The molecule has 1 saturated heterocycles. The molecule has 2 fully saturated rings. The number of allylic oxidation sites excluding steroid dienone is 2. The van der Waals surface area contributed by atoms with Crippen LogP contribution in [0.15, 0.2) is 54.6 Å². The second-order valence-corrected chi connectivity index (χ2v) is 8.52. The van der Waals surface area contributed by atoms with Crippen LogP contribution in [0.4, 0.5) is 10.1 Å². The number of hydrogen-bond acceptors (Lipinski definition) is 5. The zero-order valence-electron chi connectivity index (χ0n) is 17.3. The molecule has 0 spiro atoms. The second-order valence-electron chi connectivity index (χ2n) is 8.52. The Balaban J connectivity index is 1.33. The number of halogens is 1. The number of imide groups is 1. The Labute approximate surface area is 183 Å². The molecule has 1 heterocycles. The van der Waals surface area contributed by atoms with Crippen LogP contribution < -0.4 is 4.90 Å². The number of ketones is 1. The number of esters is 1. The highest BCUT2D eigenvalue weighted by molar-refractivity contribution is 6.23. The van der Waals surface area contributed by atoms with Crippen molar-refractivity contribution in [3.05, 3.63) is 77.1 Å². The summed E-state index contributed by atoms with van der Waals surface area (Å²) in [6, 6.07) is 9.59. The topological polar surface area (TPSA) is 80.8 Å². The molecule has 2 aromatic carbocycles. The lowest BCUT2D eigenvalue weighted by Gasteiger charge is -2.20. The van der Waals surface area contributed by atoms with Gasteiger partial charge in [-0.25, -0.2) is 14.1 Å². The lowest BCUT2D eigenvalue weighted by atomic mass is 9.85. The molecule has 0 aromatic heterocycles. The van der Waals surface area contributed by atoms with Crippen molar-refractivity contribution in [2.45, 2.75) is 13.3 Å². The maximum atomic E-state index is 13.1. The van der Waals surface area contributed by atoms with Gasteiger partial charge in [0.15, 0.2) is 12.4 Å². The summed E-state index contributed by atoms with van der Waals surface area (Å²) < 4.78 is 18.1. The predicted molar refractivity (Wildman–Crippen MR) is 112 cm³/mol. The number of amides is 2. The summed E-state index contributed by atoms with van der Waals surface area (Å²) in [4.78, 5) is 52.1. The van der Waals surface area contributed by atoms with E-state index in [4.69, 9.17) is 4.74 Å². The zero-order chi connectivity index (χ0) is 22.6. The van der Waals surface area contributed by atoms with Gasteiger partial charge >= 0.3 is 5.97 Å². The highest BCUT2D eigenvalue weighted by Gasteiger charge is 2.59. The predicted octanol–water partition coefficient (Wildman–Crippen LogP) is 3.49. The molecule has 2 bridgehead atoms. The van der Waals surface area contributed by atoms with Gasteiger partial charge < -0.3 is 4.74 Å². The minimum atomic E-state index is -0.747. The van der Waals surface area contributed by atoms with Crippen molar-refractivity contribution in [1.29, 1.82) is 0 Å². The molecule has 2 amide bonds. The Morgan fingerprint density at radius 1 is 0.969 bits per heavy atom. The standard InChI is InChI=1S/C25H20FNO5/c1-13-2-3-17(25(31)32-12-20(28)14-6-8-18(26)9-7-14)11-19(13)27-23(29)21-15-4-5-16(10-15)22(21)24(27)30/h2-9,11,15-16,21-22H,10,12H2,1H3/t15-,16-,21+,22+/m0/s1. The van der Waals surface area contributed by atoms with E-state index in [9.17, 15) is 23.6 Å². The van der Waals surface area contributed by atoms with Crippen molar-refractivity contribution >= 4 is 29.3 Å². The van der Waals surface area contributed by atoms with E-state index in [1.807, 2.05) is 12.2 Å². The molecule has 5 rings (SSSR count). The van der Waals surface area contributed by atoms with Crippen LogP contribution in [-0.4, -0.2) is 30.2 Å². The minimum Gasteiger partial charge on any atom is -0.454 e. The third-order valence-electron chi connectivity index (χ3n) is 6.66. The van der Waals surface area contributed by atoms with E-state index in [0.717, 1.165) is 18.6 Å². The molecule has 0 N–H and O–H groups in total. The summed E-state index contributed by atoms with van der Waals surface area (Å²) >= 11 is 0. The molecular weight excluding hydrogens is 413 g/mol. The number of carbonyl (C=O) groups is 4. The van der Waals surface area contributed by atoms with Crippen LogP contribution in [-0.2, 0) is 14.3 Å². The molecule has 32 heavy (non-hydrogen) atoms. The molecule has 3 aliphatic rings. The lowest BCUT2D eigenvalue weighted by Crippen LogP contribution is -2.33. The highest BCUT2D eigenvalue weighted by atomic mass is 19.1. The maximum absolute atomic E-state index is 13.1. The van der Waals surface area contributed by atoms with Crippen molar-refractivity contribution in [1.82, 2.24) is 0 Å². The summed E-state index contributed by atoms with van der Waals surface area (Å²) in [5.74, 6) is -2.61. The Morgan fingerprint density at radius 3 is 2.19 bits per heavy atom. The Morgan fingerprint density at radius 2 is 1.56 bits per heavy atom. The Bertz CT molecular complexity index is 1160. The molecule has 1 saturated carbocycles. The number of aryl methyl sites for hydroxylation is 1. The van der Waals surface area contributed by atoms with E-state index < -0.39 is 24.2 Å². The van der Waals surface area contributed by atoms with E-state index in [1.54, 1.807) is 13.0 Å². The first-order valence-corrected chi connectivity index (χ1v) is 10.5. The molecule has 1 aliphatic heterocycles. The first-order chi connectivity index (χ1) is 15.3. The van der Waals surface area contributed by atoms with Gasteiger partial charge in [0.2, 0.25) is 11.8 Å². The van der Waals surface area contributed by atoms with Gasteiger partial charge in [-0.3, -0.25) is 14.4 Å². The van der Waals surface area contributed by atoms with Crippen molar-refractivity contribution in [2.24, 2.45) is 23.7 Å². The Kier molecular flexibility index (Phi) is 4.77. The van der Waals surface area contributed by atoms with Crippen LogP contribution in [0, 0.1) is 36.4 Å². The fraction of sp³-hybridized carbons (Fsp3) is 0.280. The van der Waals surface area contributed by atoms with Crippen LogP contribution in [0.25, 0.3) is 0 Å². The van der Waals surface area contributed by atoms with E-state index in [0.29, 0.717) is 11.3 Å². The van der Waals surface area contributed by atoms with E-state index >= 15 is 0 Å². The average molecular weight is 433 g/mol. The summed E-state index contributed by atoms with van der Waals surface area (Å²) in [7, 11) is 0. The molecule has 4 atom stereocenters. The van der Waals surface area contributed by atoms with E-state index in [2.05, 4.69) is 0 Å².